The molecule has 0 atom stereocenters. The van der Waals surface area contributed by atoms with Crippen LogP contribution in [0.15, 0.2) is 0 Å². The Morgan fingerprint density at radius 3 is 0.120 bits per heavy atom. The Hall–Kier alpha value is -1.30. The van der Waals surface area contributed by atoms with E-state index in [9.17, 15) is 0 Å². The monoisotopic (exact) mass is 980 g/mol. The van der Waals surface area contributed by atoms with Gasteiger partial charge < -0.3 is 0 Å². The van der Waals surface area contributed by atoms with Crippen LogP contribution in [0.5, 0.6) is 0 Å². The molecule has 0 aromatic carbocycles. The van der Waals surface area contributed by atoms with Crippen molar-refractivity contribution in [2.75, 3.05) is 0 Å². The first kappa shape index (κ1) is 74.0. The quantitative estimate of drug-likeness (QED) is 0.100. The lowest BCUT2D eigenvalue weighted by molar-refractivity contribution is 0.378. The van der Waals surface area contributed by atoms with Crippen molar-refractivity contribution in [2.45, 2.75) is 0 Å². The fraction of sp³-hybridized carbons (Fsp3) is 0. The van der Waals surface area contributed by atoms with Gasteiger partial charge in [0, 0.05) is 0 Å². The highest BCUT2D eigenvalue weighted by atomic mass is 32.3. The maximum Gasteiger partial charge on any atom is 0.394 e. The van der Waals surface area contributed by atoms with Crippen LogP contribution in [0.3, 0.4) is 0 Å². The molecule has 0 amide bonds. The summed E-state index contributed by atoms with van der Waals surface area (Å²) in [5, 5.41) is 0. The Morgan fingerprint density at radius 1 is 0.120 bits per heavy atom. The smallest absolute Gasteiger partial charge is 0.264 e. The van der Waals surface area contributed by atoms with Crippen molar-refractivity contribution in [1.82, 2.24) is 0 Å². The normalized spacial score (nSPS) is 11.6. The van der Waals surface area contributed by atoms with Gasteiger partial charge in [-0.3, -0.25) is 91.1 Å². The summed E-state index contributed by atoms with van der Waals surface area (Å²) >= 11 is 0. The van der Waals surface area contributed by atoms with E-state index in [4.69, 9.17) is 175 Å². The molecule has 0 saturated heterocycles. The first-order valence-corrected chi connectivity index (χ1v) is 21.0. The number of rotatable bonds is 0. The Morgan fingerprint density at radius 2 is 0.120 bits per heavy atom. The lowest BCUT2D eigenvalue weighted by atomic mass is 15.8. The molecule has 0 unspecified atom stereocenters. The van der Waals surface area contributed by atoms with Gasteiger partial charge in [-0.05, 0) is 0 Å². The second kappa shape index (κ2) is 30.2. The Balaban J connectivity index is -0.0000000444. The second-order valence-electron chi connectivity index (χ2n) is 4.48. The average molecular weight is 981 g/mol. The molecule has 0 aliphatic rings. The highest BCUT2D eigenvalue weighted by molar-refractivity contribution is 7.81. The molecular formula is H20O40S10. The van der Waals surface area contributed by atoms with Crippen LogP contribution in [0.2, 0.25) is 0 Å². The highest BCUT2D eigenvalue weighted by Gasteiger charge is 1.88. The zero-order valence-electron chi connectivity index (χ0n) is 21.2. The van der Waals surface area contributed by atoms with Gasteiger partial charge in [-0.15, -0.1) is 0 Å². The second-order valence-corrected chi connectivity index (χ2v) is 13.4. The predicted octanol–water partition coefficient (Wildman–Crippen LogP) is -6.53. The fourth-order valence-corrected chi connectivity index (χ4v) is 0. The minimum absolute atomic E-state index is 4.67. The van der Waals surface area contributed by atoms with Gasteiger partial charge in [0.2, 0.25) is 0 Å². The molecular weight excluding hydrogens is 961 g/mol. The third-order valence-corrected chi connectivity index (χ3v) is 0. The van der Waals surface area contributed by atoms with Gasteiger partial charge in [-0.2, -0.15) is 84.2 Å². The van der Waals surface area contributed by atoms with E-state index in [1.165, 1.54) is 0 Å². The van der Waals surface area contributed by atoms with E-state index in [1.54, 1.807) is 0 Å². The molecule has 0 aliphatic carbocycles. The van der Waals surface area contributed by atoms with Gasteiger partial charge in [0.1, 0.15) is 0 Å². The fourth-order valence-electron chi connectivity index (χ4n) is 0. The van der Waals surface area contributed by atoms with Gasteiger partial charge in [0.05, 0.1) is 0 Å². The lowest BCUT2D eigenvalue weighted by Crippen LogP contribution is -1.89. The molecule has 0 bridgehead atoms. The molecule has 0 radical (unpaired) electrons. The van der Waals surface area contributed by atoms with E-state index in [-0.39, 0.29) is 0 Å². The summed E-state index contributed by atoms with van der Waals surface area (Å²) in [4.78, 5) is 0. The highest BCUT2D eigenvalue weighted by Crippen LogP contribution is 1.63. The van der Waals surface area contributed by atoms with Crippen LogP contribution < -0.4 is 0 Å². The van der Waals surface area contributed by atoms with Gasteiger partial charge in [0.25, 0.3) is 0 Å². The van der Waals surface area contributed by atoms with Crippen LogP contribution in [0.25, 0.3) is 0 Å². The molecule has 0 saturated carbocycles. The minimum Gasteiger partial charge on any atom is -0.264 e. The maximum atomic E-state index is 8.74. The van der Waals surface area contributed by atoms with Crippen molar-refractivity contribution >= 4 is 104 Å². The van der Waals surface area contributed by atoms with E-state index in [1.807, 2.05) is 0 Å². The van der Waals surface area contributed by atoms with Gasteiger partial charge >= 0.3 is 104 Å². The van der Waals surface area contributed by atoms with Crippen molar-refractivity contribution in [2.24, 2.45) is 0 Å². The summed E-state index contributed by atoms with van der Waals surface area (Å²) in [5.41, 5.74) is 0. The molecule has 0 rings (SSSR count). The molecule has 50 heavy (non-hydrogen) atoms. The van der Waals surface area contributed by atoms with E-state index >= 15 is 0 Å². The molecule has 0 aromatic rings. The number of hydrogen-bond donors (Lipinski definition) is 20. The molecule has 320 valence electrons. The molecule has 50 heteroatoms. The standard InChI is InChI=1S/10H2O4S/c10*1-5(2,3)4/h10*(H2,1,2,3,4). The summed E-state index contributed by atoms with van der Waals surface area (Å²) in [6.45, 7) is 0. The molecule has 40 nitrogen and oxygen atoms in total. The maximum absolute atomic E-state index is 8.74. The van der Waals surface area contributed by atoms with Crippen molar-refractivity contribution in [1.29, 1.82) is 0 Å². The minimum atomic E-state index is -4.67. The van der Waals surface area contributed by atoms with Crippen LogP contribution in [-0.2, 0) is 104 Å². The van der Waals surface area contributed by atoms with E-state index in [2.05, 4.69) is 0 Å². The SMILES string of the molecule is O=S(=O)(O)O.O=S(=O)(O)O.O=S(=O)(O)O.O=S(=O)(O)O.O=S(=O)(O)O.O=S(=O)(O)O.O=S(=O)(O)O.O=S(=O)(O)O.O=S(=O)(O)O.O=S(=O)(O)O. The molecule has 0 aliphatic heterocycles. The largest absolute Gasteiger partial charge is 0.394 e. The molecule has 0 heterocycles. The van der Waals surface area contributed by atoms with Crippen molar-refractivity contribution < 1.29 is 175 Å². The zero-order valence-corrected chi connectivity index (χ0v) is 29.4. The molecule has 0 fully saturated rings. The number of hydrogen-bond acceptors (Lipinski definition) is 20. The van der Waals surface area contributed by atoms with E-state index in [0.717, 1.165) is 0 Å². The first-order valence-electron chi connectivity index (χ1n) is 6.98. The molecule has 20 N–H and O–H groups in total. The summed E-state index contributed by atoms with van der Waals surface area (Å²) in [6, 6.07) is 0. The Kier molecular flexibility index (Phi) is 44.7. The third-order valence-electron chi connectivity index (χ3n) is 0. The Bertz CT molecular complexity index is 1370. The zero-order chi connectivity index (χ0) is 45.0. The van der Waals surface area contributed by atoms with Crippen molar-refractivity contribution in [3.8, 4) is 0 Å². The third kappa shape index (κ3) is 57700. The van der Waals surface area contributed by atoms with Gasteiger partial charge in [-0.25, -0.2) is 0 Å². The lowest BCUT2D eigenvalue weighted by Gasteiger charge is -1.68. The predicted molar refractivity (Wildman–Crippen MR) is 142 cm³/mol. The molecule has 0 spiro atoms. The van der Waals surface area contributed by atoms with E-state index < -0.39 is 104 Å². The van der Waals surface area contributed by atoms with E-state index in [0.29, 0.717) is 0 Å². The van der Waals surface area contributed by atoms with Crippen molar-refractivity contribution in [3.05, 3.63) is 0 Å². The first-order chi connectivity index (χ1) is 20.0. The van der Waals surface area contributed by atoms with Gasteiger partial charge in [0.15, 0.2) is 0 Å². The topological polar surface area (TPSA) is 746 Å². The van der Waals surface area contributed by atoms with Crippen LogP contribution in [0, 0.1) is 0 Å². The van der Waals surface area contributed by atoms with Crippen LogP contribution in [0.1, 0.15) is 0 Å². The molecule has 0 aromatic heterocycles. The van der Waals surface area contributed by atoms with Gasteiger partial charge in [-0.1, -0.05) is 0 Å². The summed E-state index contributed by atoms with van der Waals surface area (Å²) in [5.74, 6) is 0. The van der Waals surface area contributed by atoms with Crippen LogP contribution in [-0.4, -0.2) is 175 Å². The van der Waals surface area contributed by atoms with Crippen LogP contribution >= 0.6 is 0 Å². The summed E-state index contributed by atoms with van der Waals surface area (Å²) < 4.78 is 316. The summed E-state index contributed by atoms with van der Waals surface area (Å²) in [6.07, 6.45) is 0. The van der Waals surface area contributed by atoms with Crippen molar-refractivity contribution in [3.63, 3.8) is 0 Å². The van der Waals surface area contributed by atoms with Crippen LogP contribution in [0.4, 0.5) is 0 Å². The average Bonchev–Trinajstić information content (AvgIpc) is 2.34. The summed E-state index contributed by atoms with van der Waals surface area (Å²) in [7, 11) is -46.7. The Labute approximate surface area is 278 Å².